The average Bonchev–Trinajstić information content (AvgIpc) is 2.87. The van der Waals surface area contributed by atoms with Crippen LogP contribution < -0.4 is 11.5 Å². The van der Waals surface area contributed by atoms with E-state index in [9.17, 15) is 14.4 Å². The van der Waals surface area contributed by atoms with E-state index >= 15 is 0 Å². The zero-order chi connectivity index (χ0) is 28.3. The number of aliphatic carboxylic acids is 1. The van der Waals surface area contributed by atoms with Crippen molar-refractivity contribution in [3.8, 4) is 0 Å². The monoisotopic (exact) mass is 522 g/mol. The SMILES string of the molecule is NC[C@H](O)CC[C@H](N)C(=O)O.O=C[C@H](O)[C@@H](O)[C@@H](O)[C@H](O)CO.O=C[C@H](O)[C@@H](O)[C@H](O)[C@H](O)CO. The lowest BCUT2D eigenvalue weighted by Gasteiger charge is -2.22. The number of hydrogen-bond acceptors (Lipinski definition) is 16. The summed E-state index contributed by atoms with van der Waals surface area (Å²) in [5, 5.41) is 104. The number of rotatable bonds is 15. The number of carbonyl (C=O) groups excluding carboxylic acids is 2. The van der Waals surface area contributed by atoms with Crippen molar-refractivity contribution >= 4 is 18.5 Å². The number of carboxylic acid groups (broad SMARTS) is 1. The summed E-state index contributed by atoms with van der Waals surface area (Å²) in [7, 11) is 0. The van der Waals surface area contributed by atoms with Gasteiger partial charge in [0.05, 0.1) is 19.3 Å². The van der Waals surface area contributed by atoms with Gasteiger partial charge in [-0.1, -0.05) is 0 Å². The average molecular weight is 523 g/mol. The standard InChI is InChI=1S/C6H14N2O3.2C6H12O6/c7-3-4(9)1-2-5(8)6(10)11;2*7-1-3(9)5(11)6(12)4(10)2-8/h4-5,9H,1-3,7-8H2,(H,10,11);2*1,3-6,8-12H,2H2/t4-,5+;3-,4+,5+,6+;3-,4+,5+,6-/m100/s1. The molecule has 17 nitrogen and oxygen atoms in total. The summed E-state index contributed by atoms with van der Waals surface area (Å²) in [6, 6.07) is -0.892. The van der Waals surface area contributed by atoms with Crippen LogP contribution in [-0.4, -0.2) is 161 Å². The molecule has 10 atom stereocenters. The van der Waals surface area contributed by atoms with Crippen LogP contribution in [0.5, 0.6) is 0 Å². The molecular formula is C18H38N2O15. The maximum Gasteiger partial charge on any atom is 0.320 e. The third-order valence-corrected chi connectivity index (χ3v) is 4.24. The Balaban J connectivity index is -0.000000439. The molecule has 17 heteroatoms. The first-order valence-electron chi connectivity index (χ1n) is 10.1. The first-order valence-corrected chi connectivity index (χ1v) is 10.1. The Labute approximate surface area is 200 Å². The molecule has 16 N–H and O–H groups in total. The van der Waals surface area contributed by atoms with Gasteiger partial charge in [0, 0.05) is 6.54 Å². The van der Waals surface area contributed by atoms with Gasteiger partial charge in [0.15, 0.2) is 12.6 Å². The van der Waals surface area contributed by atoms with Crippen LogP contribution >= 0.6 is 0 Å². The molecule has 0 aliphatic carbocycles. The lowest BCUT2D eigenvalue weighted by molar-refractivity contribution is -0.139. The maximum absolute atomic E-state index is 10.2. The zero-order valence-corrected chi connectivity index (χ0v) is 18.7. The van der Waals surface area contributed by atoms with Crippen molar-refractivity contribution in [2.24, 2.45) is 11.5 Å². The molecule has 35 heavy (non-hydrogen) atoms. The van der Waals surface area contributed by atoms with E-state index in [1.165, 1.54) is 0 Å². The Hall–Kier alpha value is -1.71. The molecule has 0 aliphatic rings. The second-order valence-electron chi connectivity index (χ2n) is 7.13. The normalized spacial score (nSPS) is 19.5. The summed E-state index contributed by atoms with van der Waals surface area (Å²) in [5.74, 6) is -1.05. The van der Waals surface area contributed by atoms with Crippen molar-refractivity contribution in [2.75, 3.05) is 19.8 Å². The van der Waals surface area contributed by atoms with E-state index in [0.717, 1.165) is 0 Å². The third kappa shape index (κ3) is 17.4. The van der Waals surface area contributed by atoms with Gasteiger partial charge in [0.1, 0.15) is 54.9 Å². The number of aliphatic hydroxyl groups is 11. The van der Waals surface area contributed by atoms with Crippen LogP contribution in [0.2, 0.25) is 0 Å². The minimum Gasteiger partial charge on any atom is -0.480 e. The Morgan fingerprint density at radius 2 is 1.03 bits per heavy atom. The minimum atomic E-state index is -1.79. The van der Waals surface area contributed by atoms with Gasteiger partial charge >= 0.3 is 5.97 Å². The van der Waals surface area contributed by atoms with Gasteiger partial charge < -0.3 is 82.3 Å². The van der Waals surface area contributed by atoms with Crippen molar-refractivity contribution in [1.29, 1.82) is 0 Å². The van der Waals surface area contributed by atoms with E-state index in [0.29, 0.717) is 6.42 Å². The molecule has 0 heterocycles. The van der Waals surface area contributed by atoms with Gasteiger partial charge in [-0.05, 0) is 12.8 Å². The highest BCUT2D eigenvalue weighted by Crippen LogP contribution is 2.04. The summed E-state index contributed by atoms with van der Waals surface area (Å²) in [6.07, 6.45) is -13.7. The molecule has 0 unspecified atom stereocenters. The second kappa shape index (κ2) is 21.6. The van der Waals surface area contributed by atoms with Crippen LogP contribution in [0.15, 0.2) is 0 Å². The fraction of sp³-hybridized carbons (Fsp3) is 0.833. The van der Waals surface area contributed by atoms with Gasteiger partial charge in [-0.15, -0.1) is 0 Å². The molecule has 0 saturated carbocycles. The van der Waals surface area contributed by atoms with E-state index in [-0.39, 0.29) is 25.5 Å². The Bertz CT molecular complexity index is 526. The number of aldehydes is 2. The van der Waals surface area contributed by atoms with E-state index < -0.39 is 80.2 Å². The van der Waals surface area contributed by atoms with Gasteiger partial charge in [-0.2, -0.15) is 0 Å². The molecule has 0 fully saturated rings. The van der Waals surface area contributed by atoms with Gasteiger partial charge in [-0.3, -0.25) is 4.79 Å². The number of carbonyl (C=O) groups is 3. The molecule has 0 aromatic heterocycles. The van der Waals surface area contributed by atoms with Crippen molar-refractivity contribution < 1.29 is 75.7 Å². The fourth-order valence-corrected chi connectivity index (χ4v) is 1.85. The number of aliphatic hydroxyl groups excluding tert-OH is 11. The summed E-state index contributed by atoms with van der Waals surface area (Å²) in [4.78, 5) is 30.0. The van der Waals surface area contributed by atoms with Gasteiger partial charge in [-0.25, -0.2) is 0 Å². The van der Waals surface area contributed by atoms with Gasteiger partial charge in [0.2, 0.25) is 0 Å². The molecule has 0 saturated heterocycles. The third-order valence-electron chi connectivity index (χ3n) is 4.24. The van der Waals surface area contributed by atoms with E-state index in [2.05, 4.69) is 0 Å². The van der Waals surface area contributed by atoms with Crippen LogP contribution in [0, 0.1) is 0 Å². The molecule has 0 spiro atoms. The molecular weight excluding hydrogens is 484 g/mol. The summed E-state index contributed by atoms with van der Waals surface area (Å²) in [6.45, 7) is -1.38. The first-order chi connectivity index (χ1) is 16.2. The van der Waals surface area contributed by atoms with E-state index in [4.69, 9.17) is 72.7 Å². The van der Waals surface area contributed by atoms with Crippen LogP contribution in [0.4, 0.5) is 0 Å². The number of carboxylic acids is 1. The van der Waals surface area contributed by atoms with Crippen LogP contribution in [0.25, 0.3) is 0 Å². The molecule has 0 aromatic carbocycles. The topological polar surface area (TPSA) is 346 Å². The smallest absolute Gasteiger partial charge is 0.320 e. The predicted molar refractivity (Wildman–Crippen MR) is 114 cm³/mol. The molecule has 0 radical (unpaired) electrons. The summed E-state index contributed by atoms with van der Waals surface area (Å²) in [5.41, 5.74) is 10.3. The summed E-state index contributed by atoms with van der Waals surface area (Å²) >= 11 is 0. The van der Waals surface area contributed by atoms with Crippen molar-refractivity contribution in [2.45, 2.75) is 73.8 Å². The molecule has 0 aromatic rings. The molecule has 0 aliphatic heterocycles. The van der Waals surface area contributed by atoms with Crippen molar-refractivity contribution in [1.82, 2.24) is 0 Å². The highest BCUT2D eigenvalue weighted by atomic mass is 16.4. The Kier molecular flexibility index (Phi) is 23.3. The highest BCUT2D eigenvalue weighted by Gasteiger charge is 2.30. The van der Waals surface area contributed by atoms with Gasteiger partial charge in [0.25, 0.3) is 0 Å². The lowest BCUT2D eigenvalue weighted by Crippen LogP contribution is -2.46. The maximum atomic E-state index is 10.2. The molecule has 210 valence electrons. The molecule has 0 bridgehead atoms. The number of hydrogen-bond donors (Lipinski definition) is 14. The molecule has 0 rings (SSSR count). The van der Waals surface area contributed by atoms with Crippen LogP contribution in [0.1, 0.15) is 12.8 Å². The second-order valence-corrected chi connectivity index (χ2v) is 7.13. The largest absolute Gasteiger partial charge is 0.480 e. The van der Waals surface area contributed by atoms with E-state index in [1.54, 1.807) is 0 Å². The molecule has 0 amide bonds. The van der Waals surface area contributed by atoms with Crippen LogP contribution in [-0.2, 0) is 14.4 Å². The van der Waals surface area contributed by atoms with Crippen molar-refractivity contribution in [3.63, 3.8) is 0 Å². The zero-order valence-electron chi connectivity index (χ0n) is 18.7. The van der Waals surface area contributed by atoms with Crippen molar-refractivity contribution in [3.05, 3.63) is 0 Å². The Morgan fingerprint density at radius 3 is 1.26 bits per heavy atom. The number of nitrogens with two attached hydrogens (primary N) is 2. The minimum absolute atomic E-state index is 0.0258. The Morgan fingerprint density at radius 1 is 0.686 bits per heavy atom. The predicted octanol–water partition coefficient (Wildman–Crippen LogP) is -8.26. The fourth-order valence-electron chi connectivity index (χ4n) is 1.85. The van der Waals surface area contributed by atoms with E-state index in [1.807, 2.05) is 0 Å². The highest BCUT2D eigenvalue weighted by molar-refractivity contribution is 5.72. The quantitative estimate of drug-likeness (QED) is 0.0887. The van der Waals surface area contributed by atoms with Crippen LogP contribution in [0.3, 0.4) is 0 Å². The first kappa shape index (κ1) is 37.8. The summed E-state index contributed by atoms with van der Waals surface area (Å²) < 4.78 is 0. The lowest BCUT2D eigenvalue weighted by atomic mass is 10.0.